The minimum absolute atomic E-state index is 0.132. The summed E-state index contributed by atoms with van der Waals surface area (Å²) in [7, 11) is -0.823. The van der Waals surface area contributed by atoms with Crippen LogP contribution in [0.15, 0.2) is 72.9 Å². The second-order valence-electron chi connectivity index (χ2n) is 11.5. The molecule has 3 aromatic heterocycles. The van der Waals surface area contributed by atoms with Crippen LogP contribution in [0.3, 0.4) is 0 Å². The lowest BCUT2D eigenvalue weighted by Crippen LogP contribution is -2.66. The highest BCUT2D eigenvalue weighted by molar-refractivity contribution is 14.1. The second-order valence-corrected chi connectivity index (χ2v) is 16.8. The van der Waals surface area contributed by atoms with Crippen molar-refractivity contribution in [1.29, 1.82) is 0 Å². The van der Waals surface area contributed by atoms with Crippen LogP contribution in [0.5, 0.6) is 0 Å². The van der Waals surface area contributed by atoms with Crippen molar-refractivity contribution in [2.45, 2.75) is 59.1 Å². The zero-order valence-corrected chi connectivity index (χ0v) is 26.9. The first-order chi connectivity index (χ1) is 18.5. The zero-order chi connectivity index (χ0) is 27.9. The maximum atomic E-state index is 7.29. The van der Waals surface area contributed by atoms with Gasteiger partial charge >= 0.3 is 0 Å². The molecule has 0 amide bonds. The number of nitrogens with zero attached hydrogens (tertiary/aromatic N) is 5. The topological polar surface area (TPSA) is 57.8 Å². The number of aryl methyl sites for hydroxylation is 1. The second kappa shape index (κ2) is 10.6. The molecule has 8 heteroatoms. The number of hydrogen-bond acceptors (Lipinski definition) is 4. The zero-order valence-electron chi connectivity index (χ0n) is 23.7. The van der Waals surface area contributed by atoms with E-state index in [-0.39, 0.29) is 5.04 Å². The van der Waals surface area contributed by atoms with E-state index in [4.69, 9.17) is 14.5 Å². The summed E-state index contributed by atoms with van der Waals surface area (Å²) in [6.45, 7) is 13.8. The maximum absolute atomic E-state index is 7.29. The van der Waals surface area contributed by atoms with Gasteiger partial charge in [0.15, 0.2) is 5.65 Å². The number of rotatable bonds is 7. The summed E-state index contributed by atoms with van der Waals surface area (Å²) < 4.78 is 12.2. The lowest BCUT2D eigenvalue weighted by Gasteiger charge is -2.43. The average Bonchev–Trinajstić information content (AvgIpc) is 3.41. The molecule has 0 saturated heterocycles. The number of halogens is 1. The third-order valence-electron chi connectivity index (χ3n) is 7.43. The van der Waals surface area contributed by atoms with E-state index in [0.717, 1.165) is 26.2 Å². The molecule has 0 aliphatic rings. The maximum Gasteiger partial charge on any atom is 0.261 e. The smallest absolute Gasteiger partial charge is 0.261 e. The van der Waals surface area contributed by atoms with Gasteiger partial charge in [-0.3, -0.25) is 4.68 Å². The minimum Gasteiger partial charge on any atom is -0.401 e. The predicted molar refractivity (Wildman–Crippen MR) is 170 cm³/mol. The van der Waals surface area contributed by atoms with Gasteiger partial charge in [0.05, 0.1) is 18.0 Å². The summed E-state index contributed by atoms with van der Waals surface area (Å²) in [4.78, 5) is 5.07. The van der Waals surface area contributed by atoms with Crippen LogP contribution in [0.4, 0.5) is 0 Å². The first-order valence-corrected chi connectivity index (χ1v) is 16.4. The van der Waals surface area contributed by atoms with Gasteiger partial charge in [-0.15, -0.1) is 0 Å². The number of hydrogen-bond donors (Lipinski definition) is 0. The van der Waals surface area contributed by atoms with Gasteiger partial charge in [0.25, 0.3) is 8.32 Å². The van der Waals surface area contributed by atoms with Crippen LogP contribution in [0.25, 0.3) is 16.7 Å². The largest absolute Gasteiger partial charge is 0.401 e. The Morgan fingerprint density at radius 3 is 2.05 bits per heavy atom. The molecule has 0 spiro atoms. The van der Waals surface area contributed by atoms with E-state index in [2.05, 4.69) is 136 Å². The molecular weight excluding hydrogens is 613 g/mol. The van der Waals surface area contributed by atoms with Crippen molar-refractivity contribution in [1.82, 2.24) is 24.5 Å². The Bertz CT molecular complexity index is 1560. The van der Waals surface area contributed by atoms with Gasteiger partial charge in [0, 0.05) is 29.9 Å². The van der Waals surface area contributed by atoms with Crippen LogP contribution in [-0.4, -0.2) is 32.9 Å². The molecule has 0 unspecified atom stereocenters. The lowest BCUT2D eigenvalue weighted by atomic mass is 10.1. The van der Waals surface area contributed by atoms with Gasteiger partial charge < -0.3 is 4.43 Å². The van der Waals surface area contributed by atoms with Gasteiger partial charge in [-0.25, -0.2) is 9.67 Å². The molecule has 0 saturated carbocycles. The number of benzene rings is 2. The van der Waals surface area contributed by atoms with Gasteiger partial charge in [-0.05, 0) is 56.9 Å². The first-order valence-electron chi connectivity index (χ1n) is 13.4. The Labute approximate surface area is 245 Å². The molecular formula is C31H36IN5OSi. The van der Waals surface area contributed by atoms with Crippen molar-refractivity contribution in [3.63, 3.8) is 0 Å². The Morgan fingerprint density at radius 1 is 0.949 bits per heavy atom. The van der Waals surface area contributed by atoms with Crippen molar-refractivity contribution >= 4 is 52.3 Å². The standard InChI is InChI=1S/C31H36IN5OSi/c1-21(2)28-22(3)37(34-29(28)32)27-18-23-19-36(7)35-30(23)33-26(27)20-38-39(31(4,5)6,24-14-10-8-11-15-24)25-16-12-9-13-17-25/h8-19,21H,20H2,1-7H3. The van der Waals surface area contributed by atoms with Gasteiger partial charge in [0.2, 0.25) is 0 Å². The molecule has 39 heavy (non-hydrogen) atoms. The summed E-state index contributed by atoms with van der Waals surface area (Å²) in [5, 5.41) is 12.9. The molecule has 0 aliphatic heterocycles. The fourth-order valence-corrected chi connectivity index (χ4v) is 11.4. The minimum atomic E-state index is -2.75. The van der Waals surface area contributed by atoms with Crippen LogP contribution in [0.1, 0.15) is 57.5 Å². The van der Waals surface area contributed by atoms with E-state index in [1.165, 1.54) is 15.9 Å². The molecule has 3 heterocycles. The van der Waals surface area contributed by atoms with Crippen molar-refractivity contribution in [2.75, 3.05) is 0 Å². The highest BCUT2D eigenvalue weighted by Crippen LogP contribution is 2.38. The molecule has 202 valence electrons. The van der Waals surface area contributed by atoms with Crippen molar-refractivity contribution in [2.24, 2.45) is 7.05 Å². The molecule has 5 rings (SSSR count). The third kappa shape index (κ3) is 4.98. The SMILES string of the molecule is Cc1c(C(C)C)c(I)nn1-c1cc2cn(C)nc2nc1CO[Si](c1ccccc1)(c1ccccc1)C(C)(C)C. The molecule has 2 aromatic carbocycles. The predicted octanol–water partition coefficient (Wildman–Crippen LogP) is 6.27. The van der Waals surface area contributed by atoms with Crippen LogP contribution < -0.4 is 10.4 Å². The van der Waals surface area contributed by atoms with E-state index < -0.39 is 8.32 Å². The summed E-state index contributed by atoms with van der Waals surface area (Å²) in [5.41, 5.74) is 4.89. The molecule has 6 nitrogen and oxygen atoms in total. The van der Waals surface area contributed by atoms with Crippen LogP contribution >= 0.6 is 22.6 Å². The molecule has 0 bridgehead atoms. The molecule has 0 aliphatic carbocycles. The van der Waals surface area contributed by atoms with Crippen LogP contribution in [0, 0.1) is 10.6 Å². The number of pyridine rings is 1. The fraction of sp³-hybridized carbons (Fsp3) is 0.323. The quantitative estimate of drug-likeness (QED) is 0.154. The molecule has 0 radical (unpaired) electrons. The summed E-state index contributed by atoms with van der Waals surface area (Å²) >= 11 is 2.35. The Kier molecular flexibility index (Phi) is 7.56. The number of fused-ring (bicyclic) bond motifs is 1. The van der Waals surface area contributed by atoms with Crippen molar-refractivity contribution in [3.05, 3.63) is 93.6 Å². The average molecular weight is 650 g/mol. The molecule has 0 fully saturated rings. The fourth-order valence-electron chi connectivity index (χ4n) is 5.70. The van der Waals surface area contributed by atoms with E-state index >= 15 is 0 Å². The summed E-state index contributed by atoms with van der Waals surface area (Å²) in [6.07, 6.45) is 2.01. The lowest BCUT2D eigenvalue weighted by molar-refractivity contribution is 0.281. The first kappa shape index (κ1) is 27.7. The van der Waals surface area contributed by atoms with Gasteiger partial charge in [0.1, 0.15) is 3.70 Å². The number of aromatic nitrogens is 5. The van der Waals surface area contributed by atoms with Crippen molar-refractivity contribution < 1.29 is 4.43 Å². The van der Waals surface area contributed by atoms with Crippen LogP contribution in [-0.2, 0) is 18.1 Å². The summed E-state index contributed by atoms with van der Waals surface area (Å²) in [6, 6.07) is 23.6. The highest BCUT2D eigenvalue weighted by atomic mass is 127. The summed E-state index contributed by atoms with van der Waals surface area (Å²) in [5.74, 6) is 0.373. The van der Waals surface area contributed by atoms with Gasteiger partial charge in [-0.2, -0.15) is 10.2 Å². The Hall–Kier alpha value is -2.82. The molecule has 5 aromatic rings. The van der Waals surface area contributed by atoms with E-state index in [1.807, 2.05) is 22.6 Å². The Balaban J connectivity index is 1.70. The van der Waals surface area contributed by atoms with Crippen LogP contribution in [0.2, 0.25) is 5.04 Å². The molecule has 0 N–H and O–H groups in total. The van der Waals surface area contributed by atoms with E-state index in [1.54, 1.807) is 0 Å². The monoisotopic (exact) mass is 649 g/mol. The third-order valence-corrected chi connectivity index (χ3v) is 13.2. The molecule has 0 atom stereocenters. The normalized spacial score (nSPS) is 12.5. The van der Waals surface area contributed by atoms with E-state index in [9.17, 15) is 0 Å². The highest BCUT2D eigenvalue weighted by Gasteiger charge is 2.50. The van der Waals surface area contributed by atoms with Gasteiger partial charge in [-0.1, -0.05) is 95.3 Å². The van der Waals surface area contributed by atoms with E-state index in [0.29, 0.717) is 18.2 Å². The van der Waals surface area contributed by atoms with Crippen molar-refractivity contribution in [3.8, 4) is 5.69 Å². The Morgan fingerprint density at radius 2 is 1.54 bits per heavy atom.